The Balaban J connectivity index is 2.51. The molecule has 0 saturated carbocycles. The van der Waals surface area contributed by atoms with Crippen LogP contribution in [0.25, 0.3) is 0 Å². The average Bonchev–Trinajstić information content (AvgIpc) is 2.28. The first-order chi connectivity index (χ1) is 8.00. The van der Waals surface area contributed by atoms with Gasteiger partial charge in [-0.1, -0.05) is 12.1 Å². The van der Waals surface area contributed by atoms with Crippen molar-refractivity contribution in [3.63, 3.8) is 0 Å². The molecule has 0 aromatic heterocycles. The Kier molecular flexibility index (Phi) is 4.93. The Morgan fingerprint density at radius 3 is 2.47 bits per heavy atom. The van der Waals surface area contributed by atoms with E-state index in [2.05, 4.69) is 5.48 Å². The summed E-state index contributed by atoms with van der Waals surface area (Å²) in [6, 6.07) is 8.09. The van der Waals surface area contributed by atoms with E-state index in [9.17, 15) is 4.79 Å². The number of nitrogens with two attached hydrogens (primary N) is 1. The molecule has 1 atom stereocenters. The standard InChI is InChI=1S/C12H19N3O2/c1-9(14-17-8-12(13)16)10-4-6-11(7-5-10)15(2)3/h4-7,9,14H,8H2,1-3H3,(H2,13,16). The number of hydrogen-bond donors (Lipinski definition) is 2. The summed E-state index contributed by atoms with van der Waals surface area (Å²) in [5.74, 6) is -0.493. The van der Waals surface area contributed by atoms with Crippen molar-refractivity contribution in [1.29, 1.82) is 0 Å². The highest BCUT2D eigenvalue weighted by molar-refractivity contribution is 5.74. The number of carbonyl (C=O) groups excluding carboxylic acids is 1. The van der Waals surface area contributed by atoms with E-state index in [-0.39, 0.29) is 12.6 Å². The van der Waals surface area contributed by atoms with Gasteiger partial charge in [0.25, 0.3) is 0 Å². The van der Waals surface area contributed by atoms with Crippen LogP contribution in [0.4, 0.5) is 5.69 Å². The first-order valence-corrected chi connectivity index (χ1v) is 5.43. The summed E-state index contributed by atoms with van der Waals surface area (Å²) in [6.45, 7) is 1.83. The highest BCUT2D eigenvalue weighted by Gasteiger charge is 2.06. The Hall–Kier alpha value is -1.59. The van der Waals surface area contributed by atoms with E-state index in [1.807, 2.05) is 50.2 Å². The first-order valence-electron chi connectivity index (χ1n) is 5.43. The van der Waals surface area contributed by atoms with Crippen LogP contribution >= 0.6 is 0 Å². The summed E-state index contributed by atoms with van der Waals surface area (Å²) in [5, 5.41) is 0. The third-order valence-corrected chi connectivity index (χ3v) is 2.38. The molecule has 1 unspecified atom stereocenters. The zero-order chi connectivity index (χ0) is 12.8. The monoisotopic (exact) mass is 237 g/mol. The molecule has 5 nitrogen and oxygen atoms in total. The zero-order valence-electron chi connectivity index (χ0n) is 10.4. The number of nitrogens with one attached hydrogen (secondary N) is 1. The van der Waals surface area contributed by atoms with Crippen LogP contribution in [0.1, 0.15) is 18.5 Å². The molecule has 3 N–H and O–H groups in total. The van der Waals surface area contributed by atoms with E-state index in [1.54, 1.807) is 0 Å². The number of benzene rings is 1. The van der Waals surface area contributed by atoms with E-state index >= 15 is 0 Å². The van der Waals surface area contributed by atoms with Gasteiger partial charge in [0.1, 0.15) is 6.61 Å². The summed E-state index contributed by atoms with van der Waals surface area (Å²) >= 11 is 0. The number of anilines is 1. The van der Waals surface area contributed by atoms with E-state index in [0.717, 1.165) is 11.3 Å². The van der Waals surface area contributed by atoms with Gasteiger partial charge in [0.15, 0.2) is 0 Å². The zero-order valence-corrected chi connectivity index (χ0v) is 10.4. The number of carbonyl (C=O) groups is 1. The van der Waals surface area contributed by atoms with Gasteiger partial charge in [-0.3, -0.25) is 9.63 Å². The minimum atomic E-state index is -0.493. The maximum atomic E-state index is 10.5. The molecule has 1 aromatic rings. The fraction of sp³-hybridized carbons (Fsp3) is 0.417. The summed E-state index contributed by atoms with van der Waals surface area (Å²) in [4.78, 5) is 17.5. The van der Waals surface area contributed by atoms with Crippen LogP contribution < -0.4 is 16.1 Å². The predicted molar refractivity (Wildman–Crippen MR) is 67.5 cm³/mol. The van der Waals surface area contributed by atoms with Crippen molar-refractivity contribution in [3.05, 3.63) is 29.8 Å². The molecule has 0 aliphatic carbocycles. The Morgan fingerprint density at radius 2 is 2.00 bits per heavy atom. The van der Waals surface area contributed by atoms with Crippen LogP contribution in [0.15, 0.2) is 24.3 Å². The van der Waals surface area contributed by atoms with E-state index in [4.69, 9.17) is 10.6 Å². The maximum Gasteiger partial charge on any atom is 0.245 e. The number of primary amides is 1. The fourth-order valence-electron chi connectivity index (χ4n) is 1.37. The van der Waals surface area contributed by atoms with E-state index in [1.165, 1.54) is 0 Å². The molecule has 1 amide bonds. The van der Waals surface area contributed by atoms with Crippen LogP contribution in [0.2, 0.25) is 0 Å². The summed E-state index contributed by atoms with van der Waals surface area (Å²) in [5.41, 5.74) is 9.95. The molecular weight excluding hydrogens is 218 g/mol. The summed E-state index contributed by atoms with van der Waals surface area (Å²) in [6.07, 6.45) is 0. The Morgan fingerprint density at radius 1 is 1.41 bits per heavy atom. The molecule has 0 saturated heterocycles. The Bertz CT molecular complexity index is 363. The van der Waals surface area contributed by atoms with Gasteiger partial charge in [-0.2, -0.15) is 5.48 Å². The quantitative estimate of drug-likeness (QED) is 0.719. The lowest BCUT2D eigenvalue weighted by molar-refractivity contribution is -0.126. The molecule has 1 rings (SSSR count). The van der Waals surface area contributed by atoms with Crippen LogP contribution in [-0.2, 0) is 9.63 Å². The topological polar surface area (TPSA) is 67.6 Å². The lowest BCUT2D eigenvalue weighted by Gasteiger charge is -2.16. The van der Waals surface area contributed by atoms with Crippen LogP contribution in [0.5, 0.6) is 0 Å². The Labute approximate surface area is 101 Å². The number of hydrogen-bond acceptors (Lipinski definition) is 4. The van der Waals surface area contributed by atoms with Crippen molar-refractivity contribution < 1.29 is 9.63 Å². The molecule has 0 spiro atoms. The molecule has 94 valence electrons. The van der Waals surface area contributed by atoms with Gasteiger partial charge >= 0.3 is 0 Å². The number of hydroxylamine groups is 1. The molecule has 1 aromatic carbocycles. The van der Waals surface area contributed by atoms with Gasteiger partial charge in [-0.25, -0.2) is 0 Å². The van der Waals surface area contributed by atoms with Gasteiger partial charge in [0, 0.05) is 19.8 Å². The van der Waals surface area contributed by atoms with Crippen LogP contribution in [0.3, 0.4) is 0 Å². The lowest BCUT2D eigenvalue weighted by Crippen LogP contribution is -2.26. The SMILES string of the molecule is CC(NOCC(N)=O)c1ccc(N(C)C)cc1. The van der Waals surface area contributed by atoms with E-state index < -0.39 is 5.91 Å². The smallest absolute Gasteiger partial charge is 0.245 e. The van der Waals surface area contributed by atoms with Crippen molar-refractivity contribution in [1.82, 2.24) is 5.48 Å². The average molecular weight is 237 g/mol. The van der Waals surface area contributed by atoms with Crippen molar-refractivity contribution in [2.45, 2.75) is 13.0 Å². The number of amides is 1. The maximum absolute atomic E-state index is 10.5. The first kappa shape index (κ1) is 13.5. The van der Waals surface area contributed by atoms with Crippen molar-refractivity contribution in [3.8, 4) is 0 Å². The van der Waals surface area contributed by atoms with Gasteiger partial charge in [0.2, 0.25) is 5.91 Å². The van der Waals surface area contributed by atoms with Gasteiger partial charge in [-0.05, 0) is 24.6 Å². The molecule has 0 fully saturated rings. The lowest BCUT2D eigenvalue weighted by atomic mass is 10.1. The largest absolute Gasteiger partial charge is 0.378 e. The van der Waals surface area contributed by atoms with Crippen molar-refractivity contribution in [2.24, 2.45) is 5.73 Å². The second-order valence-corrected chi connectivity index (χ2v) is 4.08. The van der Waals surface area contributed by atoms with Crippen LogP contribution in [0, 0.1) is 0 Å². The normalized spacial score (nSPS) is 12.2. The summed E-state index contributed by atoms with van der Waals surface area (Å²) < 4.78 is 0. The highest BCUT2D eigenvalue weighted by atomic mass is 16.6. The number of rotatable bonds is 6. The molecular formula is C12H19N3O2. The third-order valence-electron chi connectivity index (χ3n) is 2.38. The van der Waals surface area contributed by atoms with Crippen LogP contribution in [-0.4, -0.2) is 26.6 Å². The summed E-state index contributed by atoms with van der Waals surface area (Å²) in [7, 11) is 3.99. The molecule has 0 heterocycles. The molecule has 5 heteroatoms. The predicted octanol–water partition coefficient (Wildman–Crippen LogP) is 0.820. The molecule has 17 heavy (non-hydrogen) atoms. The highest BCUT2D eigenvalue weighted by Crippen LogP contribution is 2.17. The van der Waals surface area contributed by atoms with Gasteiger partial charge in [0.05, 0.1) is 6.04 Å². The second kappa shape index (κ2) is 6.22. The fourth-order valence-corrected chi connectivity index (χ4v) is 1.37. The second-order valence-electron chi connectivity index (χ2n) is 4.08. The van der Waals surface area contributed by atoms with Crippen molar-refractivity contribution in [2.75, 3.05) is 25.6 Å². The minimum Gasteiger partial charge on any atom is -0.378 e. The minimum absolute atomic E-state index is 0.00515. The van der Waals surface area contributed by atoms with Crippen molar-refractivity contribution >= 4 is 11.6 Å². The molecule has 0 aliphatic heterocycles. The molecule has 0 bridgehead atoms. The molecule has 0 radical (unpaired) electrons. The number of nitrogens with zero attached hydrogens (tertiary/aromatic N) is 1. The van der Waals surface area contributed by atoms with Gasteiger partial charge in [-0.15, -0.1) is 0 Å². The van der Waals surface area contributed by atoms with E-state index in [0.29, 0.717) is 0 Å². The van der Waals surface area contributed by atoms with Gasteiger partial charge < -0.3 is 10.6 Å². The third kappa shape index (κ3) is 4.42. The molecule has 0 aliphatic rings.